The van der Waals surface area contributed by atoms with E-state index in [1.807, 2.05) is 18.2 Å². The molecule has 0 radical (unpaired) electrons. The molecule has 0 aliphatic rings. The highest BCUT2D eigenvalue weighted by Gasteiger charge is 1.97. The third-order valence-electron chi connectivity index (χ3n) is 1.87. The molecule has 2 aromatic rings. The lowest BCUT2D eigenvalue weighted by Crippen LogP contribution is -1.73. The molecular weight excluding hydrogens is 190 g/mol. The fourth-order valence-corrected chi connectivity index (χ4v) is 2.14. The van der Waals surface area contributed by atoms with E-state index in [1.165, 1.54) is 10.1 Å². The Hall–Kier alpha value is -1.77. The van der Waals surface area contributed by atoms with Crippen LogP contribution in [0.4, 0.5) is 0 Å². The summed E-state index contributed by atoms with van der Waals surface area (Å²) in [5, 5.41) is 11.6. The minimum absolute atomic E-state index is 0.293. The van der Waals surface area contributed by atoms with Gasteiger partial charge >= 0.3 is 0 Å². The average molecular weight is 197 g/mol. The van der Waals surface area contributed by atoms with Crippen LogP contribution in [0.3, 0.4) is 0 Å². The summed E-state index contributed by atoms with van der Waals surface area (Å²) in [6, 6.07) is 10.1. The Morgan fingerprint density at radius 2 is 2.21 bits per heavy atom. The number of hydrogen-bond acceptors (Lipinski definition) is 2. The van der Waals surface area contributed by atoms with E-state index in [0.29, 0.717) is 6.42 Å². The predicted octanol–water partition coefficient (Wildman–Crippen LogP) is 3.17. The highest BCUT2D eigenvalue weighted by atomic mass is 32.1. The largest absolute Gasteiger partial charge is 0.197 e. The SMILES string of the molecule is N#CCC#Cc1cccc2ccsc12. The van der Waals surface area contributed by atoms with E-state index < -0.39 is 0 Å². The molecule has 0 spiro atoms. The van der Waals surface area contributed by atoms with Gasteiger partial charge in [0.1, 0.15) is 0 Å². The summed E-state index contributed by atoms with van der Waals surface area (Å²) < 4.78 is 1.21. The zero-order valence-electron chi connectivity index (χ0n) is 7.45. The highest BCUT2D eigenvalue weighted by molar-refractivity contribution is 7.17. The minimum atomic E-state index is 0.293. The van der Waals surface area contributed by atoms with Crippen molar-refractivity contribution in [3.8, 4) is 17.9 Å². The summed E-state index contributed by atoms with van der Waals surface area (Å²) >= 11 is 1.69. The lowest BCUT2D eigenvalue weighted by molar-refractivity contribution is 1.40. The van der Waals surface area contributed by atoms with Crippen molar-refractivity contribution >= 4 is 21.4 Å². The molecule has 0 atom stereocenters. The lowest BCUT2D eigenvalue weighted by atomic mass is 10.2. The van der Waals surface area contributed by atoms with Gasteiger partial charge in [0.25, 0.3) is 0 Å². The second-order valence-corrected chi connectivity index (χ2v) is 3.70. The molecule has 66 valence electrons. The predicted molar refractivity (Wildman–Crippen MR) is 58.9 cm³/mol. The molecule has 0 bridgehead atoms. The van der Waals surface area contributed by atoms with Gasteiger partial charge in [-0.3, -0.25) is 0 Å². The van der Waals surface area contributed by atoms with E-state index in [9.17, 15) is 0 Å². The van der Waals surface area contributed by atoms with Gasteiger partial charge in [-0.25, -0.2) is 0 Å². The maximum atomic E-state index is 8.37. The van der Waals surface area contributed by atoms with Crippen molar-refractivity contribution in [2.45, 2.75) is 6.42 Å². The molecule has 0 saturated heterocycles. The molecule has 1 nitrogen and oxygen atoms in total. The molecule has 0 saturated carbocycles. The van der Waals surface area contributed by atoms with Gasteiger partial charge in [-0.05, 0) is 22.9 Å². The van der Waals surface area contributed by atoms with Gasteiger partial charge < -0.3 is 0 Å². The van der Waals surface area contributed by atoms with Gasteiger partial charge in [-0.1, -0.05) is 24.0 Å². The summed E-state index contributed by atoms with van der Waals surface area (Å²) in [5.41, 5.74) is 1.02. The van der Waals surface area contributed by atoms with Crippen LogP contribution in [0.25, 0.3) is 10.1 Å². The molecule has 0 unspecified atom stereocenters. The van der Waals surface area contributed by atoms with Crippen LogP contribution in [0.5, 0.6) is 0 Å². The number of fused-ring (bicyclic) bond motifs is 1. The number of benzene rings is 1. The third kappa shape index (κ3) is 1.62. The van der Waals surface area contributed by atoms with Crippen molar-refractivity contribution in [3.63, 3.8) is 0 Å². The first-order valence-corrected chi connectivity index (χ1v) is 5.12. The van der Waals surface area contributed by atoms with Crippen molar-refractivity contribution in [1.82, 2.24) is 0 Å². The van der Waals surface area contributed by atoms with Gasteiger partial charge in [0.05, 0.1) is 12.5 Å². The average Bonchev–Trinajstić information content (AvgIpc) is 2.67. The zero-order chi connectivity index (χ0) is 9.80. The third-order valence-corrected chi connectivity index (χ3v) is 2.83. The summed E-state index contributed by atoms with van der Waals surface area (Å²) in [7, 11) is 0. The number of nitriles is 1. The van der Waals surface area contributed by atoms with Crippen LogP contribution < -0.4 is 0 Å². The van der Waals surface area contributed by atoms with Crippen LogP contribution in [0.2, 0.25) is 0 Å². The van der Waals surface area contributed by atoms with Crippen LogP contribution >= 0.6 is 11.3 Å². The Morgan fingerprint density at radius 3 is 3.07 bits per heavy atom. The topological polar surface area (TPSA) is 23.8 Å². The first-order chi connectivity index (χ1) is 6.92. The summed E-state index contributed by atoms with van der Waals surface area (Å²) in [5.74, 6) is 5.84. The van der Waals surface area contributed by atoms with E-state index in [1.54, 1.807) is 11.3 Å². The van der Waals surface area contributed by atoms with Crippen molar-refractivity contribution < 1.29 is 0 Å². The minimum Gasteiger partial charge on any atom is -0.197 e. The molecule has 2 heteroatoms. The molecule has 1 aromatic heterocycles. The zero-order valence-corrected chi connectivity index (χ0v) is 8.27. The fraction of sp³-hybridized carbons (Fsp3) is 0.0833. The smallest absolute Gasteiger partial charge is 0.0966 e. The molecule has 0 fully saturated rings. The summed E-state index contributed by atoms with van der Waals surface area (Å²) in [6.45, 7) is 0. The molecular formula is C12H7NS. The van der Waals surface area contributed by atoms with Crippen molar-refractivity contribution in [2.24, 2.45) is 0 Å². The summed E-state index contributed by atoms with van der Waals surface area (Å²) in [4.78, 5) is 0. The maximum Gasteiger partial charge on any atom is 0.0966 e. The summed E-state index contributed by atoms with van der Waals surface area (Å²) in [6.07, 6.45) is 0.293. The Labute approximate surface area is 86.6 Å². The number of nitrogens with zero attached hydrogens (tertiary/aromatic N) is 1. The van der Waals surface area contributed by atoms with Gasteiger partial charge in [-0.15, -0.1) is 11.3 Å². The molecule has 1 aromatic carbocycles. The molecule has 2 rings (SSSR count). The number of rotatable bonds is 0. The quantitative estimate of drug-likeness (QED) is 0.595. The van der Waals surface area contributed by atoms with Crippen LogP contribution in [0, 0.1) is 23.2 Å². The van der Waals surface area contributed by atoms with Crippen molar-refractivity contribution in [3.05, 3.63) is 35.2 Å². The van der Waals surface area contributed by atoms with Crippen molar-refractivity contribution in [2.75, 3.05) is 0 Å². The van der Waals surface area contributed by atoms with E-state index in [4.69, 9.17) is 5.26 Å². The fourth-order valence-electron chi connectivity index (χ4n) is 1.27. The van der Waals surface area contributed by atoms with Crippen LogP contribution in [0.15, 0.2) is 29.6 Å². The van der Waals surface area contributed by atoms with E-state index in [0.717, 1.165) is 5.56 Å². The first kappa shape index (κ1) is 8.81. The number of hydrogen-bond donors (Lipinski definition) is 0. The van der Waals surface area contributed by atoms with Crippen molar-refractivity contribution in [1.29, 1.82) is 5.26 Å². The molecule has 0 amide bonds. The van der Waals surface area contributed by atoms with E-state index >= 15 is 0 Å². The van der Waals surface area contributed by atoms with Crippen LogP contribution in [-0.4, -0.2) is 0 Å². The first-order valence-electron chi connectivity index (χ1n) is 4.24. The Balaban J connectivity index is 2.49. The van der Waals surface area contributed by atoms with Crippen LogP contribution in [-0.2, 0) is 0 Å². The lowest BCUT2D eigenvalue weighted by Gasteiger charge is -1.91. The van der Waals surface area contributed by atoms with Gasteiger partial charge in [0, 0.05) is 10.3 Å². The molecule has 0 aliphatic heterocycles. The Kier molecular flexibility index (Phi) is 2.49. The van der Waals surface area contributed by atoms with Gasteiger partial charge in [0.15, 0.2) is 0 Å². The molecule has 0 aliphatic carbocycles. The van der Waals surface area contributed by atoms with Crippen LogP contribution in [0.1, 0.15) is 12.0 Å². The maximum absolute atomic E-state index is 8.37. The van der Waals surface area contributed by atoms with E-state index in [-0.39, 0.29) is 0 Å². The Morgan fingerprint density at radius 1 is 1.29 bits per heavy atom. The Bertz CT molecular complexity index is 549. The number of thiophene rings is 1. The second kappa shape index (κ2) is 3.96. The normalized spacial score (nSPS) is 9.07. The molecule has 1 heterocycles. The second-order valence-electron chi connectivity index (χ2n) is 2.78. The molecule has 0 N–H and O–H groups in total. The molecule has 14 heavy (non-hydrogen) atoms. The van der Waals surface area contributed by atoms with Gasteiger partial charge in [0.2, 0.25) is 0 Å². The van der Waals surface area contributed by atoms with E-state index in [2.05, 4.69) is 29.4 Å². The monoisotopic (exact) mass is 197 g/mol. The standard InChI is InChI=1S/C12H7NS/c13-8-2-1-4-10-5-3-6-11-7-9-14-12(10)11/h3,5-7,9H,2H2. The highest BCUT2D eigenvalue weighted by Crippen LogP contribution is 2.23. The van der Waals surface area contributed by atoms with Gasteiger partial charge in [-0.2, -0.15) is 5.26 Å².